The molecule has 0 aliphatic heterocycles. The average molecular weight is 236 g/mol. The molecular formula is C14H24N2O. The molecule has 0 saturated carbocycles. The molecule has 0 aromatic heterocycles. The molecule has 1 rings (SSSR count). The third-order valence-electron chi connectivity index (χ3n) is 2.44. The smallest absolute Gasteiger partial charge is 0.119 e. The van der Waals surface area contributed by atoms with Crippen molar-refractivity contribution in [2.75, 3.05) is 26.7 Å². The van der Waals surface area contributed by atoms with Gasteiger partial charge in [0.1, 0.15) is 12.4 Å². The fourth-order valence-electron chi connectivity index (χ4n) is 1.87. The molecule has 2 N–H and O–H groups in total. The largest absolute Gasteiger partial charge is 0.492 e. The second-order valence-electron chi connectivity index (χ2n) is 4.87. The first-order chi connectivity index (χ1) is 8.11. The lowest BCUT2D eigenvalue weighted by molar-refractivity contribution is 0.288. The van der Waals surface area contributed by atoms with Gasteiger partial charge in [-0.2, -0.15) is 0 Å². The van der Waals surface area contributed by atoms with Gasteiger partial charge in [-0.05, 0) is 30.7 Å². The number of ether oxygens (including phenoxy) is 1. The molecule has 0 heterocycles. The zero-order valence-corrected chi connectivity index (χ0v) is 11.1. The summed E-state index contributed by atoms with van der Waals surface area (Å²) in [6.45, 7) is 7.70. The topological polar surface area (TPSA) is 38.5 Å². The zero-order valence-electron chi connectivity index (χ0n) is 11.1. The molecule has 0 aliphatic carbocycles. The van der Waals surface area contributed by atoms with Crippen LogP contribution in [0.4, 0.5) is 0 Å². The Bertz CT molecular complexity index is 309. The van der Waals surface area contributed by atoms with Gasteiger partial charge in [-0.1, -0.05) is 26.0 Å². The van der Waals surface area contributed by atoms with Gasteiger partial charge in [0.2, 0.25) is 0 Å². The van der Waals surface area contributed by atoms with Crippen molar-refractivity contribution >= 4 is 0 Å². The van der Waals surface area contributed by atoms with E-state index in [-0.39, 0.29) is 0 Å². The average Bonchev–Trinajstić information content (AvgIpc) is 2.27. The van der Waals surface area contributed by atoms with Gasteiger partial charge in [0, 0.05) is 19.6 Å². The summed E-state index contributed by atoms with van der Waals surface area (Å²) in [6.07, 6.45) is 0. The van der Waals surface area contributed by atoms with E-state index < -0.39 is 0 Å². The lowest BCUT2D eigenvalue weighted by atomic mass is 10.1. The van der Waals surface area contributed by atoms with Crippen molar-refractivity contribution in [2.45, 2.75) is 20.4 Å². The first kappa shape index (κ1) is 14.0. The molecule has 17 heavy (non-hydrogen) atoms. The summed E-state index contributed by atoms with van der Waals surface area (Å²) in [5.41, 5.74) is 6.70. The van der Waals surface area contributed by atoms with E-state index in [4.69, 9.17) is 10.5 Å². The van der Waals surface area contributed by atoms with Crippen LogP contribution in [-0.2, 0) is 6.54 Å². The van der Waals surface area contributed by atoms with E-state index in [1.807, 2.05) is 12.1 Å². The monoisotopic (exact) mass is 236 g/mol. The summed E-state index contributed by atoms with van der Waals surface area (Å²) in [5.74, 6) is 1.60. The molecular weight excluding hydrogens is 212 g/mol. The fourth-order valence-corrected chi connectivity index (χ4v) is 1.87. The highest BCUT2D eigenvalue weighted by molar-refractivity contribution is 5.27. The molecule has 1 aromatic rings. The van der Waals surface area contributed by atoms with Crippen LogP contribution in [0.5, 0.6) is 5.75 Å². The molecule has 0 unspecified atom stereocenters. The third kappa shape index (κ3) is 5.71. The van der Waals surface area contributed by atoms with Crippen LogP contribution >= 0.6 is 0 Å². The van der Waals surface area contributed by atoms with Crippen LogP contribution < -0.4 is 10.5 Å². The van der Waals surface area contributed by atoms with Crippen molar-refractivity contribution in [3.63, 3.8) is 0 Å². The Labute approximate surface area is 105 Å². The van der Waals surface area contributed by atoms with Gasteiger partial charge >= 0.3 is 0 Å². The lowest BCUT2D eigenvalue weighted by Crippen LogP contribution is -2.22. The Morgan fingerprint density at radius 1 is 1.24 bits per heavy atom. The molecule has 0 aliphatic rings. The highest BCUT2D eigenvalue weighted by Gasteiger charge is 2.03. The number of benzene rings is 1. The maximum Gasteiger partial charge on any atom is 0.119 e. The summed E-state index contributed by atoms with van der Waals surface area (Å²) in [4.78, 5) is 2.33. The van der Waals surface area contributed by atoms with Crippen LogP contribution in [0.1, 0.15) is 19.4 Å². The van der Waals surface area contributed by atoms with Crippen molar-refractivity contribution in [1.29, 1.82) is 0 Å². The molecule has 0 fully saturated rings. The predicted molar refractivity (Wildman–Crippen MR) is 72.2 cm³/mol. The van der Waals surface area contributed by atoms with Gasteiger partial charge in [-0.3, -0.25) is 0 Å². The predicted octanol–water partition coefficient (Wildman–Crippen LogP) is 2.11. The summed E-state index contributed by atoms with van der Waals surface area (Å²) in [6, 6.07) is 8.24. The van der Waals surface area contributed by atoms with Crippen molar-refractivity contribution in [1.82, 2.24) is 4.90 Å². The van der Waals surface area contributed by atoms with Gasteiger partial charge in [0.25, 0.3) is 0 Å². The van der Waals surface area contributed by atoms with Crippen LogP contribution in [0.2, 0.25) is 0 Å². The van der Waals surface area contributed by atoms with E-state index in [9.17, 15) is 0 Å². The van der Waals surface area contributed by atoms with Gasteiger partial charge in [0.05, 0.1) is 0 Å². The third-order valence-corrected chi connectivity index (χ3v) is 2.44. The maximum atomic E-state index is 5.44. The van der Waals surface area contributed by atoms with E-state index >= 15 is 0 Å². The molecule has 0 amide bonds. The first-order valence-corrected chi connectivity index (χ1v) is 6.22. The SMILES string of the molecule is CC(C)CN(C)Cc1ccc(OCCN)cc1. The number of rotatable bonds is 7. The summed E-state index contributed by atoms with van der Waals surface area (Å²) >= 11 is 0. The van der Waals surface area contributed by atoms with Crippen LogP contribution in [0.15, 0.2) is 24.3 Å². The summed E-state index contributed by atoms with van der Waals surface area (Å²) in [5, 5.41) is 0. The van der Waals surface area contributed by atoms with Gasteiger partial charge < -0.3 is 15.4 Å². The Hall–Kier alpha value is -1.06. The molecule has 3 heteroatoms. The normalized spacial score (nSPS) is 11.2. The van der Waals surface area contributed by atoms with Crippen molar-refractivity contribution in [3.8, 4) is 5.75 Å². The minimum atomic E-state index is 0.554. The molecule has 3 nitrogen and oxygen atoms in total. The number of nitrogens with two attached hydrogens (primary N) is 1. The zero-order chi connectivity index (χ0) is 12.7. The highest BCUT2D eigenvalue weighted by Crippen LogP contribution is 2.13. The molecule has 0 atom stereocenters. The number of nitrogens with zero attached hydrogens (tertiary/aromatic N) is 1. The Kier molecular flexibility index (Phi) is 6.01. The Morgan fingerprint density at radius 2 is 1.88 bits per heavy atom. The van der Waals surface area contributed by atoms with Crippen LogP contribution in [0, 0.1) is 5.92 Å². The lowest BCUT2D eigenvalue weighted by Gasteiger charge is -2.19. The quantitative estimate of drug-likeness (QED) is 0.788. The molecule has 0 bridgehead atoms. The van der Waals surface area contributed by atoms with E-state index in [1.54, 1.807) is 0 Å². The number of hydrogen-bond donors (Lipinski definition) is 1. The first-order valence-electron chi connectivity index (χ1n) is 6.22. The van der Waals surface area contributed by atoms with Gasteiger partial charge in [0.15, 0.2) is 0 Å². The molecule has 1 aromatic carbocycles. The molecule has 96 valence electrons. The summed E-state index contributed by atoms with van der Waals surface area (Å²) < 4.78 is 5.44. The second-order valence-corrected chi connectivity index (χ2v) is 4.87. The molecule has 0 saturated heterocycles. The standard InChI is InChI=1S/C14H24N2O/c1-12(2)10-16(3)11-13-4-6-14(7-5-13)17-9-8-15/h4-7,12H,8-11,15H2,1-3H3. The Morgan fingerprint density at radius 3 is 2.41 bits per heavy atom. The van der Waals surface area contributed by atoms with E-state index in [0.717, 1.165) is 18.8 Å². The number of hydrogen-bond acceptors (Lipinski definition) is 3. The van der Waals surface area contributed by atoms with Crippen LogP contribution in [0.25, 0.3) is 0 Å². The van der Waals surface area contributed by atoms with Crippen molar-refractivity contribution in [3.05, 3.63) is 29.8 Å². The second kappa shape index (κ2) is 7.30. The van der Waals surface area contributed by atoms with Crippen LogP contribution in [0.3, 0.4) is 0 Å². The van der Waals surface area contributed by atoms with Crippen LogP contribution in [-0.4, -0.2) is 31.6 Å². The van der Waals surface area contributed by atoms with Crippen molar-refractivity contribution in [2.24, 2.45) is 11.7 Å². The minimum Gasteiger partial charge on any atom is -0.492 e. The molecule has 0 spiro atoms. The van der Waals surface area contributed by atoms with Gasteiger partial charge in [-0.25, -0.2) is 0 Å². The van der Waals surface area contributed by atoms with E-state index in [2.05, 4.69) is 37.9 Å². The van der Waals surface area contributed by atoms with Gasteiger partial charge in [-0.15, -0.1) is 0 Å². The Balaban J connectivity index is 2.44. The molecule has 0 radical (unpaired) electrons. The highest BCUT2D eigenvalue weighted by atomic mass is 16.5. The summed E-state index contributed by atoms with van der Waals surface area (Å²) in [7, 11) is 2.15. The van der Waals surface area contributed by atoms with Crippen molar-refractivity contribution < 1.29 is 4.74 Å². The van der Waals surface area contributed by atoms with E-state index in [1.165, 1.54) is 5.56 Å². The minimum absolute atomic E-state index is 0.554. The maximum absolute atomic E-state index is 5.44. The fraction of sp³-hybridized carbons (Fsp3) is 0.571. The van der Waals surface area contributed by atoms with E-state index in [0.29, 0.717) is 19.1 Å².